The zero-order valence-electron chi connectivity index (χ0n) is 12.4. The van der Waals surface area contributed by atoms with E-state index in [9.17, 15) is 0 Å². The lowest BCUT2D eigenvalue weighted by Crippen LogP contribution is -1.97. The van der Waals surface area contributed by atoms with E-state index >= 15 is 0 Å². The van der Waals surface area contributed by atoms with Crippen molar-refractivity contribution in [3.63, 3.8) is 0 Å². The SMILES string of the molecule is [c]1ccc(Nc2ncnc3ccccc23)c(-c2ccccc2)c1. The van der Waals surface area contributed by atoms with Crippen molar-refractivity contribution >= 4 is 22.4 Å². The molecule has 0 fully saturated rings. The van der Waals surface area contributed by atoms with Crippen LogP contribution in [0.5, 0.6) is 0 Å². The van der Waals surface area contributed by atoms with Gasteiger partial charge < -0.3 is 5.32 Å². The molecular formula is C20H14N3. The van der Waals surface area contributed by atoms with Gasteiger partial charge in [0.05, 0.1) is 5.52 Å². The molecule has 0 saturated carbocycles. The van der Waals surface area contributed by atoms with Crippen molar-refractivity contribution in [2.45, 2.75) is 0 Å². The molecule has 1 N–H and O–H groups in total. The van der Waals surface area contributed by atoms with Gasteiger partial charge in [-0.1, -0.05) is 48.5 Å². The standard InChI is InChI=1S/C20H14N3/c1-2-8-15(9-3-1)16-10-4-7-13-19(16)23-20-17-11-5-6-12-18(17)21-14-22-20/h1-3,5-14H,(H,21,22,23). The second-order valence-corrected chi connectivity index (χ2v) is 5.20. The number of aromatic nitrogens is 2. The number of hydrogen-bond acceptors (Lipinski definition) is 3. The highest BCUT2D eigenvalue weighted by Gasteiger charge is 2.08. The van der Waals surface area contributed by atoms with Crippen LogP contribution >= 0.6 is 0 Å². The highest BCUT2D eigenvalue weighted by molar-refractivity contribution is 5.92. The maximum Gasteiger partial charge on any atom is 0.141 e. The zero-order valence-corrected chi connectivity index (χ0v) is 12.4. The van der Waals surface area contributed by atoms with E-state index in [0.717, 1.165) is 33.5 Å². The maximum atomic E-state index is 4.40. The number of nitrogens with zero attached hydrogens (tertiary/aromatic N) is 2. The average Bonchev–Trinajstić information content (AvgIpc) is 2.63. The largest absolute Gasteiger partial charge is 0.339 e. The predicted octanol–water partition coefficient (Wildman–Crippen LogP) is 4.84. The quantitative estimate of drug-likeness (QED) is 0.588. The van der Waals surface area contributed by atoms with Crippen molar-refractivity contribution in [1.82, 2.24) is 9.97 Å². The van der Waals surface area contributed by atoms with Gasteiger partial charge in [0.1, 0.15) is 12.1 Å². The minimum Gasteiger partial charge on any atom is -0.339 e. The van der Waals surface area contributed by atoms with Gasteiger partial charge in [-0.25, -0.2) is 9.97 Å². The summed E-state index contributed by atoms with van der Waals surface area (Å²) in [5.74, 6) is 0.805. The molecule has 0 aliphatic carbocycles. The number of rotatable bonds is 3. The molecule has 0 saturated heterocycles. The van der Waals surface area contributed by atoms with Gasteiger partial charge >= 0.3 is 0 Å². The van der Waals surface area contributed by atoms with E-state index in [1.54, 1.807) is 6.33 Å². The van der Waals surface area contributed by atoms with E-state index in [4.69, 9.17) is 0 Å². The fourth-order valence-electron chi connectivity index (χ4n) is 2.63. The monoisotopic (exact) mass is 296 g/mol. The van der Waals surface area contributed by atoms with Crippen LogP contribution in [0.3, 0.4) is 0 Å². The Morgan fingerprint density at radius 3 is 2.57 bits per heavy atom. The number of benzene rings is 3. The van der Waals surface area contributed by atoms with Crippen LogP contribution < -0.4 is 5.32 Å². The molecule has 4 aromatic rings. The Labute approximate surface area is 134 Å². The Hall–Kier alpha value is -3.20. The highest BCUT2D eigenvalue weighted by atomic mass is 15.0. The molecule has 0 aliphatic heterocycles. The summed E-state index contributed by atoms with van der Waals surface area (Å²) in [6.45, 7) is 0. The van der Waals surface area contributed by atoms with Gasteiger partial charge in [-0.05, 0) is 35.9 Å². The van der Waals surface area contributed by atoms with Gasteiger partial charge in [0.2, 0.25) is 0 Å². The zero-order chi connectivity index (χ0) is 15.5. The van der Waals surface area contributed by atoms with Crippen LogP contribution in [0, 0.1) is 6.07 Å². The van der Waals surface area contributed by atoms with Gasteiger partial charge in [0, 0.05) is 16.6 Å². The molecular weight excluding hydrogens is 282 g/mol. The molecule has 1 aromatic heterocycles. The molecule has 0 aliphatic rings. The summed E-state index contributed by atoms with van der Waals surface area (Å²) in [5, 5.41) is 4.44. The van der Waals surface area contributed by atoms with Crippen molar-refractivity contribution in [3.8, 4) is 11.1 Å². The van der Waals surface area contributed by atoms with E-state index < -0.39 is 0 Å². The molecule has 0 unspecified atom stereocenters. The molecule has 4 rings (SSSR count). The Morgan fingerprint density at radius 1 is 0.826 bits per heavy atom. The van der Waals surface area contributed by atoms with Crippen LogP contribution in [0.1, 0.15) is 0 Å². The second-order valence-electron chi connectivity index (χ2n) is 5.20. The van der Waals surface area contributed by atoms with Crippen molar-refractivity contribution in [2.24, 2.45) is 0 Å². The molecule has 1 radical (unpaired) electrons. The van der Waals surface area contributed by atoms with Crippen LogP contribution in [-0.4, -0.2) is 9.97 Å². The Bertz CT molecular complexity index is 944. The van der Waals surface area contributed by atoms with Crippen molar-refractivity contribution in [3.05, 3.63) is 85.2 Å². The van der Waals surface area contributed by atoms with Gasteiger partial charge in [0.25, 0.3) is 0 Å². The minimum atomic E-state index is 0.805. The lowest BCUT2D eigenvalue weighted by atomic mass is 10.0. The molecule has 3 nitrogen and oxygen atoms in total. The summed E-state index contributed by atoms with van der Waals surface area (Å²) >= 11 is 0. The van der Waals surface area contributed by atoms with E-state index in [1.807, 2.05) is 60.7 Å². The summed E-state index contributed by atoms with van der Waals surface area (Å²) < 4.78 is 0. The number of nitrogens with one attached hydrogen (secondary N) is 1. The smallest absolute Gasteiger partial charge is 0.141 e. The number of anilines is 2. The van der Waals surface area contributed by atoms with Gasteiger partial charge in [0.15, 0.2) is 0 Å². The first-order valence-electron chi connectivity index (χ1n) is 7.44. The Kier molecular flexibility index (Phi) is 3.45. The molecule has 3 heteroatoms. The summed E-state index contributed by atoms with van der Waals surface area (Å²) in [4.78, 5) is 8.71. The fourth-order valence-corrected chi connectivity index (χ4v) is 2.63. The Balaban J connectivity index is 1.80. The molecule has 0 spiro atoms. The molecule has 0 bridgehead atoms. The van der Waals surface area contributed by atoms with Crippen molar-refractivity contribution < 1.29 is 0 Å². The number of para-hydroxylation sites is 1. The lowest BCUT2D eigenvalue weighted by molar-refractivity contribution is 1.22. The van der Waals surface area contributed by atoms with E-state index in [2.05, 4.69) is 33.5 Å². The molecule has 0 atom stereocenters. The maximum absolute atomic E-state index is 4.40. The lowest BCUT2D eigenvalue weighted by Gasteiger charge is -2.12. The highest BCUT2D eigenvalue weighted by Crippen LogP contribution is 2.31. The molecule has 0 amide bonds. The third-order valence-electron chi connectivity index (χ3n) is 3.74. The summed E-state index contributed by atoms with van der Waals surface area (Å²) in [7, 11) is 0. The molecule has 3 aromatic carbocycles. The normalized spacial score (nSPS) is 10.6. The van der Waals surface area contributed by atoms with Crippen LogP contribution in [0.2, 0.25) is 0 Å². The predicted molar refractivity (Wildman–Crippen MR) is 93.5 cm³/mol. The Morgan fingerprint density at radius 2 is 1.65 bits per heavy atom. The second kappa shape index (κ2) is 5.89. The topological polar surface area (TPSA) is 37.8 Å². The summed E-state index contributed by atoms with van der Waals surface area (Å²) in [6.07, 6.45) is 1.59. The van der Waals surface area contributed by atoms with Crippen molar-refractivity contribution in [2.75, 3.05) is 5.32 Å². The van der Waals surface area contributed by atoms with Crippen molar-refractivity contribution in [1.29, 1.82) is 0 Å². The first kappa shape index (κ1) is 13.5. The van der Waals surface area contributed by atoms with Gasteiger partial charge in [-0.3, -0.25) is 0 Å². The van der Waals surface area contributed by atoms with Gasteiger partial charge in [-0.2, -0.15) is 0 Å². The third-order valence-corrected chi connectivity index (χ3v) is 3.74. The van der Waals surface area contributed by atoms with Crippen LogP contribution in [0.25, 0.3) is 22.0 Å². The first-order chi connectivity index (χ1) is 11.4. The third kappa shape index (κ3) is 2.64. The molecule has 23 heavy (non-hydrogen) atoms. The van der Waals surface area contributed by atoms with Crippen LogP contribution in [-0.2, 0) is 0 Å². The number of fused-ring (bicyclic) bond motifs is 1. The first-order valence-corrected chi connectivity index (χ1v) is 7.44. The summed E-state index contributed by atoms with van der Waals surface area (Å²) in [6, 6.07) is 27.3. The van der Waals surface area contributed by atoms with E-state index in [1.165, 1.54) is 0 Å². The van der Waals surface area contributed by atoms with E-state index in [-0.39, 0.29) is 0 Å². The van der Waals surface area contributed by atoms with E-state index in [0.29, 0.717) is 0 Å². The summed E-state index contributed by atoms with van der Waals surface area (Å²) in [5.41, 5.74) is 4.16. The van der Waals surface area contributed by atoms with Gasteiger partial charge in [-0.15, -0.1) is 0 Å². The number of hydrogen-bond donors (Lipinski definition) is 1. The van der Waals surface area contributed by atoms with Crippen LogP contribution in [0.15, 0.2) is 79.1 Å². The molecule has 109 valence electrons. The van der Waals surface area contributed by atoms with Crippen LogP contribution in [0.4, 0.5) is 11.5 Å². The fraction of sp³-hybridized carbons (Fsp3) is 0. The minimum absolute atomic E-state index is 0.805. The molecule has 1 heterocycles. The average molecular weight is 296 g/mol.